The van der Waals surface area contributed by atoms with Crippen molar-refractivity contribution in [2.45, 2.75) is 31.9 Å². The van der Waals surface area contributed by atoms with Crippen LogP contribution in [0.2, 0.25) is 0 Å². The number of terminal acetylenes is 1. The van der Waals surface area contributed by atoms with Crippen molar-refractivity contribution in [1.29, 1.82) is 0 Å². The summed E-state index contributed by atoms with van der Waals surface area (Å²) in [7, 11) is 0. The first-order valence-electron chi connectivity index (χ1n) is 11.3. The maximum Gasteiger partial charge on any atom is 0.435 e. The second kappa shape index (κ2) is 10.8. The fourth-order valence-corrected chi connectivity index (χ4v) is 3.96. The van der Waals surface area contributed by atoms with E-state index in [0.717, 1.165) is 13.8 Å². The zero-order valence-electron chi connectivity index (χ0n) is 20.5. The normalized spacial score (nSPS) is 12.0. The van der Waals surface area contributed by atoms with Gasteiger partial charge >= 0.3 is 18.0 Å². The van der Waals surface area contributed by atoms with Crippen LogP contribution in [0.4, 0.5) is 42.1 Å². The van der Waals surface area contributed by atoms with Crippen molar-refractivity contribution < 1.29 is 40.3 Å². The Bertz CT molecular complexity index is 1390. The number of rotatable bonds is 6. The van der Waals surface area contributed by atoms with Gasteiger partial charge in [0.25, 0.3) is 11.8 Å². The average molecular weight is 550 g/mol. The molecule has 0 saturated carbocycles. The highest BCUT2D eigenvalue weighted by Crippen LogP contribution is 2.53. The van der Waals surface area contributed by atoms with Crippen LogP contribution >= 0.6 is 0 Å². The van der Waals surface area contributed by atoms with Gasteiger partial charge in [-0.1, -0.05) is 42.3 Å². The summed E-state index contributed by atoms with van der Waals surface area (Å²) in [5.74, 6) is 1.16. The minimum Gasteiger partial charge on any atom is -0.322 e. The van der Waals surface area contributed by atoms with Crippen LogP contribution in [0.3, 0.4) is 0 Å². The predicted molar refractivity (Wildman–Crippen MR) is 132 cm³/mol. The molecule has 0 heterocycles. The molecular formula is C28H21F7N2O2. The number of carbonyl (C=O) groups excluding carboxylic acids is 2. The van der Waals surface area contributed by atoms with E-state index >= 15 is 0 Å². The fourth-order valence-electron chi connectivity index (χ4n) is 3.96. The molecule has 0 aliphatic heterocycles. The molecule has 0 fully saturated rings. The van der Waals surface area contributed by atoms with Crippen LogP contribution in [0.25, 0.3) is 0 Å². The predicted octanol–water partition coefficient (Wildman–Crippen LogP) is 7.13. The molecular weight excluding hydrogens is 529 g/mol. The summed E-state index contributed by atoms with van der Waals surface area (Å²) in [4.78, 5) is 27.2. The highest BCUT2D eigenvalue weighted by molar-refractivity contribution is 6.09. The van der Waals surface area contributed by atoms with Crippen molar-refractivity contribution in [3.05, 3.63) is 94.5 Å². The molecule has 0 aromatic heterocycles. The van der Waals surface area contributed by atoms with Gasteiger partial charge in [0.05, 0.1) is 6.54 Å². The molecule has 0 atom stereocenters. The summed E-state index contributed by atoms with van der Waals surface area (Å²) in [6.07, 6.45) is -7.11. The number of benzene rings is 3. The molecule has 3 rings (SSSR count). The number of carbonyl (C=O) groups is 2. The van der Waals surface area contributed by atoms with Crippen molar-refractivity contribution in [2.75, 3.05) is 16.8 Å². The monoisotopic (exact) mass is 550 g/mol. The average Bonchev–Trinajstić information content (AvgIpc) is 2.87. The van der Waals surface area contributed by atoms with E-state index < -0.39 is 35.4 Å². The Morgan fingerprint density at radius 3 is 1.87 bits per heavy atom. The van der Waals surface area contributed by atoms with E-state index in [1.807, 2.05) is 0 Å². The molecule has 0 aliphatic rings. The molecule has 0 spiro atoms. The molecule has 39 heavy (non-hydrogen) atoms. The first-order valence-corrected chi connectivity index (χ1v) is 11.3. The van der Waals surface area contributed by atoms with Crippen LogP contribution < -0.4 is 10.2 Å². The van der Waals surface area contributed by atoms with Crippen molar-refractivity contribution in [2.24, 2.45) is 0 Å². The maximum absolute atomic E-state index is 14.5. The van der Waals surface area contributed by atoms with Gasteiger partial charge in [0.1, 0.15) is 0 Å². The SMILES string of the molecule is C#CCN(C(=O)c1ccccc1)c1cccc(C(=O)Nc2c(C)cc(C(F)(C(F)(F)F)C(F)(F)F)cc2C)c1. The van der Waals surface area contributed by atoms with Crippen LogP contribution in [0.15, 0.2) is 66.7 Å². The van der Waals surface area contributed by atoms with Crippen LogP contribution in [0, 0.1) is 26.2 Å². The number of nitrogens with one attached hydrogen (secondary N) is 1. The lowest BCUT2D eigenvalue weighted by atomic mass is 9.90. The number of alkyl halides is 7. The number of aryl methyl sites for hydroxylation is 2. The Morgan fingerprint density at radius 2 is 1.36 bits per heavy atom. The van der Waals surface area contributed by atoms with Gasteiger partial charge < -0.3 is 5.32 Å². The highest BCUT2D eigenvalue weighted by Gasteiger charge is 2.73. The molecule has 0 saturated heterocycles. The summed E-state index contributed by atoms with van der Waals surface area (Å²) in [6, 6.07) is 14.8. The molecule has 4 nitrogen and oxygen atoms in total. The number of nitrogens with zero attached hydrogens (tertiary/aromatic N) is 1. The van der Waals surface area contributed by atoms with E-state index in [2.05, 4.69) is 11.2 Å². The fraction of sp³-hybridized carbons (Fsp3) is 0.214. The number of hydrogen-bond acceptors (Lipinski definition) is 2. The topological polar surface area (TPSA) is 49.4 Å². The lowest BCUT2D eigenvalue weighted by Crippen LogP contribution is -2.50. The highest BCUT2D eigenvalue weighted by atomic mass is 19.4. The van der Waals surface area contributed by atoms with Crippen LogP contribution in [-0.4, -0.2) is 30.7 Å². The summed E-state index contributed by atoms with van der Waals surface area (Å²) < 4.78 is 93.7. The van der Waals surface area contributed by atoms with Gasteiger partial charge in [-0.25, -0.2) is 4.39 Å². The number of halogens is 7. The Kier molecular flexibility index (Phi) is 8.10. The summed E-state index contributed by atoms with van der Waals surface area (Å²) in [6.45, 7) is 2.16. The summed E-state index contributed by atoms with van der Waals surface area (Å²) in [5.41, 5.74) is -7.16. The van der Waals surface area contributed by atoms with Gasteiger partial charge in [-0.3, -0.25) is 14.5 Å². The largest absolute Gasteiger partial charge is 0.435 e. The summed E-state index contributed by atoms with van der Waals surface area (Å²) in [5, 5.41) is 2.44. The summed E-state index contributed by atoms with van der Waals surface area (Å²) >= 11 is 0. The quantitative estimate of drug-likeness (QED) is 0.262. The van der Waals surface area contributed by atoms with Crippen molar-refractivity contribution in [3.63, 3.8) is 0 Å². The van der Waals surface area contributed by atoms with E-state index in [9.17, 15) is 40.3 Å². The minimum absolute atomic E-state index is 0.0173. The molecule has 0 aliphatic carbocycles. The number of anilines is 2. The van der Waals surface area contributed by atoms with Gasteiger partial charge in [-0.15, -0.1) is 6.42 Å². The van der Waals surface area contributed by atoms with E-state index in [0.29, 0.717) is 17.7 Å². The number of hydrogen-bond donors (Lipinski definition) is 1. The van der Waals surface area contributed by atoms with Crippen LogP contribution in [0.1, 0.15) is 37.4 Å². The van der Waals surface area contributed by atoms with Crippen LogP contribution in [0.5, 0.6) is 0 Å². The van der Waals surface area contributed by atoms with E-state index in [4.69, 9.17) is 6.42 Å². The molecule has 1 N–H and O–H groups in total. The second-order valence-corrected chi connectivity index (χ2v) is 8.60. The molecule has 11 heteroatoms. The Labute approximate surface area is 219 Å². The van der Waals surface area contributed by atoms with Crippen molar-refractivity contribution in [1.82, 2.24) is 0 Å². The molecule has 2 amide bonds. The van der Waals surface area contributed by atoms with Crippen molar-refractivity contribution in [3.8, 4) is 12.3 Å². The first-order chi connectivity index (χ1) is 18.1. The number of amides is 2. The Morgan fingerprint density at radius 1 is 0.821 bits per heavy atom. The Balaban J connectivity index is 1.95. The first kappa shape index (κ1) is 29.2. The Hall–Kier alpha value is -4.33. The van der Waals surface area contributed by atoms with Gasteiger partial charge in [-0.05, 0) is 55.3 Å². The standard InChI is InChI=1S/C28H21F7N2O2/c1-4-13-37(25(39)19-9-6-5-7-10-19)22-12-8-11-20(16-22)24(38)36-23-17(2)14-21(15-18(23)3)26(29,27(30,31)32)28(33,34)35/h1,5-12,14-16H,13H2,2-3H3,(H,36,38). The molecule has 3 aromatic rings. The van der Waals surface area contributed by atoms with Gasteiger partial charge in [0, 0.05) is 28.1 Å². The maximum atomic E-state index is 14.5. The van der Waals surface area contributed by atoms with E-state index in [-0.39, 0.29) is 34.6 Å². The minimum atomic E-state index is -6.27. The zero-order chi connectivity index (χ0) is 29.2. The lowest BCUT2D eigenvalue weighted by molar-refractivity contribution is -0.348. The van der Waals surface area contributed by atoms with Gasteiger partial charge in [0.2, 0.25) is 0 Å². The molecule has 0 unspecified atom stereocenters. The third-order valence-electron chi connectivity index (χ3n) is 5.89. The third-order valence-corrected chi connectivity index (χ3v) is 5.89. The molecule has 0 radical (unpaired) electrons. The zero-order valence-corrected chi connectivity index (χ0v) is 20.5. The third kappa shape index (κ3) is 5.74. The molecule has 204 valence electrons. The molecule has 3 aromatic carbocycles. The second-order valence-electron chi connectivity index (χ2n) is 8.60. The van der Waals surface area contributed by atoms with E-state index in [1.54, 1.807) is 30.3 Å². The van der Waals surface area contributed by atoms with Crippen LogP contribution in [-0.2, 0) is 5.67 Å². The van der Waals surface area contributed by atoms with Crippen molar-refractivity contribution >= 4 is 23.2 Å². The lowest BCUT2D eigenvalue weighted by Gasteiger charge is -2.31. The van der Waals surface area contributed by atoms with E-state index in [1.165, 1.54) is 29.2 Å². The smallest absolute Gasteiger partial charge is 0.322 e. The van der Waals surface area contributed by atoms with Gasteiger partial charge in [0.15, 0.2) is 0 Å². The van der Waals surface area contributed by atoms with Gasteiger partial charge in [-0.2, -0.15) is 26.3 Å². The molecule has 0 bridgehead atoms.